The molecule has 0 fully saturated rings. The van der Waals surface area contributed by atoms with Crippen LogP contribution in [0.15, 0.2) is 6.07 Å². The number of rotatable bonds is 2. The highest BCUT2D eigenvalue weighted by atomic mass is 35.5. The van der Waals surface area contributed by atoms with Crippen LogP contribution in [0, 0.1) is 0 Å². The lowest BCUT2D eigenvalue weighted by atomic mass is 10.2. The van der Waals surface area contributed by atoms with Crippen LogP contribution < -0.4 is 10.1 Å². The minimum Gasteiger partial charge on any atom is -0.504 e. The van der Waals surface area contributed by atoms with Crippen LogP contribution in [0.5, 0.6) is 11.5 Å². The van der Waals surface area contributed by atoms with Crippen LogP contribution in [0.4, 0.5) is 5.69 Å². The van der Waals surface area contributed by atoms with Gasteiger partial charge in [0, 0.05) is 13.0 Å². The highest BCUT2D eigenvalue weighted by Gasteiger charge is 2.16. The standard InChI is InChI=1S/C9H9Cl2NO3/c1-4(13)12-8-5(10)3-6(14)9(15-2)7(8)11/h3,14H,1-2H3,(H,12,13). The summed E-state index contributed by atoms with van der Waals surface area (Å²) in [7, 11) is 1.35. The molecule has 0 aliphatic rings. The first-order chi connectivity index (χ1) is 6.97. The van der Waals surface area contributed by atoms with E-state index in [2.05, 4.69) is 5.32 Å². The Morgan fingerprint density at radius 2 is 2.13 bits per heavy atom. The van der Waals surface area contributed by atoms with Crippen molar-refractivity contribution in [1.29, 1.82) is 0 Å². The van der Waals surface area contributed by atoms with Crippen molar-refractivity contribution in [3.63, 3.8) is 0 Å². The third-order valence-electron chi connectivity index (χ3n) is 1.66. The first kappa shape index (κ1) is 11.9. The van der Waals surface area contributed by atoms with Gasteiger partial charge in [0.25, 0.3) is 0 Å². The second-order valence-electron chi connectivity index (χ2n) is 2.78. The number of hydrogen-bond acceptors (Lipinski definition) is 3. The predicted octanol–water partition coefficient (Wildman–Crippen LogP) is 2.67. The summed E-state index contributed by atoms with van der Waals surface area (Å²) in [6.45, 7) is 1.33. The number of ether oxygens (including phenoxy) is 1. The average molecular weight is 250 g/mol. The number of carbonyl (C=O) groups is 1. The zero-order valence-electron chi connectivity index (χ0n) is 8.10. The Balaban J connectivity index is 3.32. The van der Waals surface area contributed by atoms with Crippen LogP contribution in [-0.4, -0.2) is 18.1 Å². The molecule has 0 aliphatic carbocycles. The largest absolute Gasteiger partial charge is 0.504 e. The van der Waals surface area contributed by atoms with E-state index in [-0.39, 0.29) is 33.1 Å². The topological polar surface area (TPSA) is 58.6 Å². The summed E-state index contributed by atoms with van der Waals surface area (Å²) in [5.41, 5.74) is 0.223. The summed E-state index contributed by atoms with van der Waals surface area (Å²) in [6.07, 6.45) is 0. The van der Waals surface area contributed by atoms with E-state index >= 15 is 0 Å². The van der Waals surface area contributed by atoms with Gasteiger partial charge in [-0.3, -0.25) is 4.79 Å². The monoisotopic (exact) mass is 249 g/mol. The van der Waals surface area contributed by atoms with Crippen molar-refractivity contribution < 1.29 is 14.6 Å². The quantitative estimate of drug-likeness (QED) is 0.793. The van der Waals surface area contributed by atoms with Crippen molar-refractivity contribution in [2.75, 3.05) is 12.4 Å². The number of amides is 1. The maximum absolute atomic E-state index is 10.9. The van der Waals surface area contributed by atoms with Crippen molar-refractivity contribution in [3.8, 4) is 11.5 Å². The Kier molecular flexibility index (Phi) is 3.66. The maximum atomic E-state index is 10.9. The fourth-order valence-electron chi connectivity index (χ4n) is 1.07. The van der Waals surface area contributed by atoms with Gasteiger partial charge in [0.15, 0.2) is 11.5 Å². The number of nitrogens with one attached hydrogen (secondary N) is 1. The Morgan fingerprint density at radius 3 is 2.60 bits per heavy atom. The van der Waals surface area contributed by atoms with E-state index in [4.69, 9.17) is 27.9 Å². The van der Waals surface area contributed by atoms with E-state index in [1.54, 1.807) is 0 Å². The Hall–Kier alpha value is -1.13. The molecule has 1 aromatic rings. The molecule has 0 aromatic heterocycles. The Bertz CT molecular complexity index is 407. The fraction of sp³-hybridized carbons (Fsp3) is 0.222. The molecular formula is C9H9Cl2NO3. The summed E-state index contributed by atoms with van der Waals surface area (Å²) in [5, 5.41) is 12.1. The molecule has 0 aliphatic heterocycles. The van der Waals surface area contributed by atoms with Crippen molar-refractivity contribution in [2.24, 2.45) is 0 Å². The number of methoxy groups -OCH3 is 1. The summed E-state index contributed by atoms with van der Waals surface area (Å²) in [5.74, 6) is -0.419. The molecule has 0 radical (unpaired) electrons. The molecule has 0 heterocycles. The summed E-state index contributed by atoms with van der Waals surface area (Å²) in [4.78, 5) is 10.9. The fourth-order valence-corrected chi connectivity index (χ4v) is 1.69. The zero-order chi connectivity index (χ0) is 11.6. The van der Waals surface area contributed by atoms with Crippen LogP contribution in [0.3, 0.4) is 0 Å². The molecule has 1 aromatic carbocycles. The molecule has 0 spiro atoms. The highest BCUT2D eigenvalue weighted by molar-refractivity contribution is 6.41. The molecule has 15 heavy (non-hydrogen) atoms. The molecule has 0 unspecified atom stereocenters. The molecule has 82 valence electrons. The molecule has 0 saturated carbocycles. The van der Waals surface area contributed by atoms with Crippen molar-refractivity contribution >= 4 is 34.8 Å². The first-order valence-electron chi connectivity index (χ1n) is 4.00. The van der Waals surface area contributed by atoms with Crippen LogP contribution in [-0.2, 0) is 4.79 Å². The molecule has 1 amide bonds. The second kappa shape index (κ2) is 4.59. The third-order valence-corrected chi connectivity index (χ3v) is 2.32. The van der Waals surface area contributed by atoms with E-state index < -0.39 is 0 Å². The van der Waals surface area contributed by atoms with Gasteiger partial charge in [-0.15, -0.1) is 0 Å². The molecule has 4 nitrogen and oxygen atoms in total. The van der Waals surface area contributed by atoms with Gasteiger partial charge in [-0.2, -0.15) is 0 Å². The first-order valence-corrected chi connectivity index (χ1v) is 4.75. The van der Waals surface area contributed by atoms with Gasteiger partial charge in [0.1, 0.15) is 5.02 Å². The normalized spacial score (nSPS) is 9.87. The van der Waals surface area contributed by atoms with Gasteiger partial charge in [0.05, 0.1) is 17.8 Å². The summed E-state index contributed by atoms with van der Waals surface area (Å²) in [6, 6.07) is 1.25. The van der Waals surface area contributed by atoms with Gasteiger partial charge in [-0.1, -0.05) is 23.2 Å². The SMILES string of the molecule is COc1c(O)cc(Cl)c(NC(C)=O)c1Cl. The summed E-state index contributed by atoms with van der Waals surface area (Å²) >= 11 is 11.7. The van der Waals surface area contributed by atoms with Crippen LogP contribution >= 0.6 is 23.2 Å². The van der Waals surface area contributed by atoms with Crippen LogP contribution in [0.25, 0.3) is 0 Å². The van der Waals surface area contributed by atoms with Gasteiger partial charge >= 0.3 is 0 Å². The minimum absolute atomic E-state index is 0.0673. The molecule has 0 bridgehead atoms. The lowest BCUT2D eigenvalue weighted by Crippen LogP contribution is -2.07. The van der Waals surface area contributed by atoms with Crippen molar-refractivity contribution in [3.05, 3.63) is 16.1 Å². The van der Waals surface area contributed by atoms with Gasteiger partial charge in [-0.05, 0) is 0 Å². The average Bonchev–Trinajstić information content (AvgIpc) is 2.12. The number of carbonyl (C=O) groups excluding carboxylic acids is 1. The number of halogens is 2. The second-order valence-corrected chi connectivity index (χ2v) is 3.57. The number of benzene rings is 1. The van der Waals surface area contributed by atoms with E-state index in [0.717, 1.165) is 0 Å². The van der Waals surface area contributed by atoms with Crippen molar-refractivity contribution in [2.45, 2.75) is 6.92 Å². The number of phenolic OH excluding ortho intramolecular Hbond substituents is 1. The zero-order valence-corrected chi connectivity index (χ0v) is 9.61. The highest BCUT2D eigenvalue weighted by Crippen LogP contribution is 2.43. The minimum atomic E-state index is -0.313. The molecule has 0 saturated heterocycles. The predicted molar refractivity (Wildman–Crippen MR) is 59.0 cm³/mol. The molecule has 6 heteroatoms. The number of hydrogen-bond donors (Lipinski definition) is 2. The van der Waals surface area contributed by atoms with Crippen LogP contribution in [0.2, 0.25) is 10.0 Å². The smallest absolute Gasteiger partial charge is 0.221 e. The summed E-state index contributed by atoms with van der Waals surface area (Å²) < 4.78 is 4.86. The Morgan fingerprint density at radius 1 is 1.53 bits per heavy atom. The lowest BCUT2D eigenvalue weighted by Gasteiger charge is -2.12. The molecule has 0 atom stereocenters. The lowest BCUT2D eigenvalue weighted by molar-refractivity contribution is -0.114. The maximum Gasteiger partial charge on any atom is 0.221 e. The van der Waals surface area contributed by atoms with E-state index in [1.807, 2.05) is 0 Å². The molecule has 2 N–H and O–H groups in total. The molecular weight excluding hydrogens is 241 g/mol. The van der Waals surface area contributed by atoms with E-state index in [9.17, 15) is 9.90 Å². The van der Waals surface area contributed by atoms with E-state index in [0.29, 0.717) is 0 Å². The van der Waals surface area contributed by atoms with Gasteiger partial charge in [-0.25, -0.2) is 0 Å². The van der Waals surface area contributed by atoms with E-state index in [1.165, 1.54) is 20.1 Å². The number of phenols is 1. The van der Waals surface area contributed by atoms with Crippen molar-refractivity contribution in [1.82, 2.24) is 0 Å². The van der Waals surface area contributed by atoms with Gasteiger partial charge < -0.3 is 15.2 Å². The van der Waals surface area contributed by atoms with Gasteiger partial charge in [0.2, 0.25) is 5.91 Å². The third kappa shape index (κ3) is 2.46. The Labute approximate surface area is 96.8 Å². The number of aromatic hydroxyl groups is 1. The number of anilines is 1. The molecule has 1 rings (SSSR count). The van der Waals surface area contributed by atoms with Crippen LogP contribution in [0.1, 0.15) is 6.92 Å².